The van der Waals surface area contributed by atoms with Crippen molar-refractivity contribution in [2.45, 2.75) is 38.1 Å². The molecule has 2 bridgehead atoms. The molecule has 1 N–H and O–H groups in total. The number of hydrogen-bond acceptors (Lipinski definition) is 2. The Hall–Kier alpha value is -1.87. The van der Waals surface area contributed by atoms with Crippen LogP contribution in [0.15, 0.2) is 47.2 Å². The average Bonchev–Trinajstić information content (AvgIpc) is 3.15. The molecule has 3 aliphatic heterocycles. The van der Waals surface area contributed by atoms with Crippen molar-refractivity contribution in [2.24, 2.45) is 5.92 Å². The Bertz CT molecular complexity index is 808. The van der Waals surface area contributed by atoms with Crippen molar-refractivity contribution in [1.82, 2.24) is 0 Å². The summed E-state index contributed by atoms with van der Waals surface area (Å²) in [5, 5.41) is 3.68. The minimum atomic E-state index is 0.0403. The maximum atomic E-state index is 12.1. The molecule has 124 valence electrons. The van der Waals surface area contributed by atoms with Gasteiger partial charge >= 0.3 is 0 Å². The molecule has 4 aliphatic rings. The van der Waals surface area contributed by atoms with Crippen LogP contribution in [0.2, 0.25) is 0 Å². The van der Waals surface area contributed by atoms with Crippen LogP contribution in [0.4, 0.5) is 5.69 Å². The molecule has 5 rings (SSSR count). The molecular formula is C21H25N2O+. The lowest BCUT2D eigenvalue weighted by Crippen LogP contribution is -2.63. The second-order valence-corrected chi connectivity index (χ2v) is 7.92. The molecule has 0 radical (unpaired) electrons. The van der Waals surface area contributed by atoms with Crippen molar-refractivity contribution in [2.75, 3.05) is 25.0 Å². The maximum Gasteiger partial charge on any atom is 0.148 e. The van der Waals surface area contributed by atoms with Crippen LogP contribution < -0.4 is 5.32 Å². The van der Waals surface area contributed by atoms with Gasteiger partial charge < -0.3 is 9.80 Å². The molecule has 1 aromatic carbocycles. The molecule has 4 atom stereocenters. The first-order valence-electron chi connectivity index (χ1n) is 9.27. The summed E-state index contributed by atoms with van der Waals surface area (Å²) in [7, 11) is 0. The number of rotatable bonds is 2. The quantitative estimate of drug-likeness (QED) is 0.514. The molecule has 0 saturated carbocycles. The molecule has 3 heteroatoms. The van der Waals surface area contributed by atoms with Gasteiger partial charge in [-0.3, -0.25) is 4.79 Å². The van der Waals surface area contributed by atoms with E-state index < -0.39 is 0 Å². The Morgan fingerprint density at radius 2 is 2.21 bits per heavy atom. The van der Waals surface area contributed by atoms with E-state index in [4.69, 9.17) is 0 Å². The first kappa shape index (κ1) is 14.5. The maximum absolute atomic E-state index is 12.1. The average molecular weight is 321 g/mol. The number of anilines is 1. The lowest BCUT2D eigenvalue weighted by Gasteiger charge is -2.53. The number of allylic oxidation sites excluding steroid dienone is 2. The Kier molecular flexibility index (Phi) is 2.78. The number of quaternary nitrogens is 1. The molecule has 24 heavy (non-hydrogen) atoms. The van der Waals surface area contributed by atoms with E-state index in [-0.39, 0.29) is 5.41 Å². The number of carbonyl (C=O) groups is 1. The summed E-state index contributed by atoms with van der Waals surface area (Å²) in [5.41, 5.74) is 6.41. The SMILES string of the molecule is CC=C1C[N+]2(CC)CC[C@]34C(=C(C=O)[C@H]1C[C@@H]32)Nc1ccccc14. The molecule has 0 aromatic heterocycles. The number of hydrogen-bond donors (Lipinski definition) is 1. The Labute approximate surface area is 143 Å². The zero-order valence-electron chi connectivity index (χ0n) is 14.5. The molecular weight excluding hydrogens is 296 g/mol. The molecule has 2 saturated heterocycles. The van der Waals surface area contributed by atoms with E-state index in [1.807, 2.05) is 0 Å². The van der Waals surface area contributed by atoms with Gasteiger partial charge in [0.15, 0.2) is 0 Å². The molecule has 1 aliphatic carbocycles. The third-order valence-electron chi connectivity index (χ3n) is 7.49. The Balaban J connectivity index is 1.84. The van der Waals surface area contributed by atoms with E-state index in [9.17, 15) is 4.79 Å². The number of piperidine rings is 1. The van der Waals surface area contributed by atoms with Gasteiger partial charge in [-0.25, -0.2) is 0 Å². The lowest BCUT2D eigenvalue weighted by molar-refractivity contribution is -0.940. The van der Waals surface area contributed by atoms with Crippen LogP contribution in [0.1, 0.15) is 32.3 Å². The second-order valence-electron chi connectivity index (χ2n) is 7.92. The number of benzene rings is 1. The highest BCUT2D eigenvalue weighted by molar-refractivity contribution is 5.84. The predicted molar refractivity (Wildman–Crippen MR) is 95.6 cm³/mol. The van der Waals surface area contributed by atoms with Crippen LogP contribution in [0.5, 0.6) is 0 Å². The monoisotopic (exact) mass is 321 g/mol. The minimum Gasteiger partial charge on any atom is -0.357 e. The van der Waals surface area contributed by atoms with Crippen LogP contribution in [-0.4, -0.2) is 36.4 Å². The first-order chi connectivity index (χ1) is 11.7. The van der Waals surface area contributed by atoms with Gasteiger partial charge in [0.05, 0.1) is 18.5 Å². The van der Waals surface area contributed by atoms with Gasteiger partial charge in [-0.2, -0.15) is 0 Å². The molecule has 1 spiro atoms. The predicted octanol–water partition coefficient (Wildman–Crippen LogP) is 3.39. The summed E-state index contributed by atoms with van der Waals surface area (Å²) in [4.78, 5) is 12.1. The van der Waals surface area contributed by atoms with Crippen LogP contribution in [0.3, 0.4) is 0 Å². The van der Waals surface area contributed by atoms with E-state index in [1.165, 1.54) is 40.1 Å². The zero-order chi connectivity index (χ0) is 16.5. The van der Waals surface area contributed by atoms with Gasteiger partial charge in [0.1, 0.15) is 18.9 Å². The van der Waals surface area contributed by atoms with E-state index >= 15 is 0 Å². The number of nitrogens with zero attached hydrogens (tertiary/aromatic N) is 1. The van der Waals surface area contributed by atoms with Gasteiger partial charge in [0.2, 0.25) is 0 Å². The van der Waals surface area contributed by atoms with Crippen molar-refractivity contribution in [3.8, 4) is 0 Å². The number of aldehydes is 1. The molecule has 2 fully saturated rings. The fraction of sp³-hybridized carbons (Fsp3) is 0.476. The van der Waals surface area contributed by atoms with Crippen molar-refractivity contribution in [1.29, 1.82) is 0 Å². The normalized spacial score (nSPS) is 40.3. The standard InChI is InChI=1S/C21H24N2O/c1-3-14-12-23(4-2)10-9-21-17-7-5-6-8-18(17)22-20(21)16(13-24)15(14)11-19(21)23/h3,5-8,13,15,19H,4,9-12H2,1-2H3/p+1/t15-,19-,21+,23?/m0/s1. The third-order valence-corrected chi connectivity index (χ3v) is 7.49. The summed E-state index contributed by atoms with van der Waals surface area (Å²) in [5.74, 6) is 0.318. The second kappa shape index (κ2) is 4.60. The van der Waals surface area contributed by atoms with E-state index in [1.54, 1.807) is 0 Å². The van der Waals surface area contributed by atoms with Crippen molar-refractivity contribution in [3.05, 3.63) is 52.7 Å². The van der Waals surface area contributed by atoms with Crippen LogP contribution in [0, 0.1) is 5.92 Å². The molecule has 1 unspecified atom stereocenters. The topological polar surface area (TPSA) is 29.1 Å². The van der Waals surface area contributed by atoms with Gasteiger partial charge in [0.25, 0.3) is 0 Å². The van der Waals surface area contributed by atoms with Crippen molar-refractivity contribution in [3.63, 3.8) is 0 Å². The highest BCUT2D eigenvalue weighted by Crippen LogP contribution is 2.63. The Morgan fingerprint density at radius 3 is 2.96 bits per heavy atom. The van der Waals surface area contributed by atoms with Gasteiger partial charge in [-0.05, 0) is 31.1 Å². The third kappa shape index (κ3) is 1.42. The summed E-state index contributed by atoms with van der Waals surface area (Å²) in [6.45, 7) is 8.01. The van der Waals surface area contributed by atoms with Crippen LogP contribution in [0.25, 0.3) is 0 Å². The number of fused-ring (bicyclic) bond motifs is 2. The van der Waals surface area contributed by atoms with E-state index in [0.717, 1.165) is 31.2 Å². The fourth-order valence-electron chi connectivity index (χ4n) is 6.37. The largest absolute Gasteiger partial charge is 0.357 e. The smallest absolute Gasteiger partial charge is 0.148 e. The minimum absolute atomic E-state index is 0.0403. The number of para-hydroxylation sites is 1. The fourth-order valence-corrected chi connectivity index (χ4v) is 6.37. The van der Waals surface area contributed by atoms with Crippen LogP contribution in [-0.2, 0) is 10.2 Å². The van der Waals surface area contributed by atoms with Crippen molar-refractivity contribution >= 4 is 12.0 Å². The van der Waals surface area contributed by atoms with Gasteiger partial charge in [0, 0.05) is 35.7 Å². The molecule has 1 aromatic rings. The highest BCUT2D eigenvalue weighted by atomic mass is 16.1. The number of likely N-dealkylation sites (N-methyl/N-ethyl adjacent to an activating group) is 1. The van der Waals surface area contributed by atoms with Gasteiger partial charge in [-0.1, -0.05) is 24.3 Å². The lowest BCUT2D eigenvalue weighted by atomic mass is 9.61. The Morgan fingerprint density at radius 1 is 1.38 bits per heavy atom. The first-order valence-corrected chi connectivity index (χ1v) is 9.27. The molecule has 3 heterocycles. The summed E-state index contributed by atoms with van der Waals surface area (Å²) >= 11 is 0. The summed E-state index contributed by atoms with van der Waals surface area (Å²) in [6, 6.07) is 9.33. The number of carbonyl (C=O) groups excluding carboxylic acids is 1. The number of nitrogens with one attached hydrogen (secondary N) is 1. The zero-order valence-corrected chi connectivity index (χ0v) is 14.5. The molecule has 0 amide bonds. The van der Waals surface area contributed by atoms with Crippen molar-refractivity contribution < 1.29 is 9.28 Å². The molecule has 3 nitrogen and oxygen atoms in total. The highest BCUT2D eigenvalue weighted by Gasteiger charge is 2.67. The van der Waals surface area contributed by atoms with Crippen LogP contribution >= 0.6 is 0 Å². The summed E-state index contributed by atoms with van der Waals surface area (Å²) < 4.78 is 1.20. The van der Waals surface area contributed by atoms with E-state index in [2.05, 4.69) is 49.5 Å². The summed E-state index contributed by atoms with van der Waals surface area (Å²) in [6.07, 6.45) is 5.70. The van der Waals surface area contributed by atoms with E-state index in [0.29, 0.717) is 12.0 Å². The van der Waals surface area contributed by atoms with Gasteiger partial charge in [-0.15, -0.1) is 0 Å².